The van der Waals surface area contributed by atoms with Crippen LogP contribution >= 0.6 is 0 Å². The number of carbonyl (C=O) groups excluding carboxylic acids is 2. The third-order valence-corrected chi connectivity index (χ3v) is 7.64. The Morgan fingerprint density at radius 3 is 2.27 bits per heavy atom. The highest BCUT2D eigenvalue weighted by Crippen LogP contribution is 2.23. The van der Waals surface area contributed by atoms with Gasteiger partial charge in [0.05, 0.1) is 30.9 Å². The first-order valence-electron chi connectivity index (χ1n) is 15.0. The number of nitrogens with zero attached hydrogens (tertiary/aromatic N) is 3. The molecule has 0 radical (unpaired) electrons. The Bertz CT molecular complexity index is 1680. The number of alkyl halides is 1. The maximum absolute atomic E-state index is 14.9. The molecule has 45 heavy (non-hydrogen) atoms. The lowest BCUT2D eigenvalue weighted by atomic mass is 10.1. The van der Waals surface area contributed by atoms with Crippen molar-refractivity contribution in [3.8, 4) is 11.8 Å². The van der Waals surface area contributed by atoms with Crippen LogP contribution in [0.15, 0.2) is 83.7 Å². The monoisotopic (exact) mass is 612 g/mol. The van der Waals surface area contributed by atoms with Gasteiger partial charge in [-0.1, -0.05) is 72.5 Å². The summed E-state index contributed by atoms with van der Waals surface area (Å²) in [6.45, 7) is 2.22. The van der Waals surface area contributed by atoms with Crippen LogP contribution in [0, 0.1) is 11.8 Å². The summed E-state index contributed by atoms with van der Waals surface area (Å²) in [6.07, 6.45) is -0.684. The van der Waals surface area contributed by atoms with E-state index in [-0.39, 0.29) is 57.4 Å². The number of rotatable bonds is 13. The van der Waals surface area contributed by atoms with Crippen LogP contribution < -0.4 is 11.0 Å². The molecule has 5 rings (SSSR count). The average molecular weight is 613 g/mol. The van der Waals surface area contributed by atoms with Crippen LogP contribution in [0.25, 0.3) is 11.0 Å². The van der Waals surface area contributed by atoms with E-state index in [9.17, 15) is 18.8 Å². The van der Waals surface area contributed by atoms with Gasteiger partial charge in [-0.2, -0.15) is 0 Å². The summed E-state index contributed by atoms with van der Waals surface area (Å²) in [6, 6.07) is 24.7. The number of piperidine rings is 1. The number of hydrogen-bond donors (Lipinski definition) is 1. The van der Waals surface area contributed by atoms with Crippen LogP contribution in [-0.2, 0) is 39.2 Å². The SMILES string of the molecule is Cn1c(=O)n(C2CCC(=O)NC2=O)c2ccc(C#CCOCCOCC(F)CN(Cc3ccccc3)Cc3ccccc3)cc21. The number of amides is 2. The Balaban J connectivity index is 1.06. The van der Waals surface area contributed by atoms with Gasteiger partial charge in [-0.3, -0.25) is 28.9 Å². The van der Waals surface area contributed by atoms with Crippen LogP contribution in [-0.4, -0.2) is 65.0 Å². The van der Waals surface area contributed by atoms with Crippen molar-refractivity contribution in [2.24, 2.45) is 7.05 Å². The molecular formula is C35H37FN4O5. The summed E-state index contributed by atoms with van der Waals surface area (Å²) in [5.74, 6) is 5.18. The van der Waals surface area contributed by atoms with Crippen molar-refractivity contribution in [1.82, 2.24) is 19.4 Å². The molecule has 1 fully saturated rings. The van der Waals surface area contributed by atoms with Gasteiger partial charge in [0.1, 0.15) is 18.8 Å². The Morgan fingerprint density at radius 2 is 1.60 bits per heavy atom. The van der Waals surface area contributed by atoms with Gasteiger partial charge < -0.3 is 9.47 Å². The Labute approximate surface area is 261 Å². The summed E-state index contributed by atoms with van der Waals surface area (Å²) < 4.78 is 28.9. The third-order valence-electron chi connectivity index (χ3n) is 7.64. The summed E-state index contributed by atoms with van der Waals surface area (Å²) in [5.41, 5.74) is 3.86. The first-order chi connectivity index (χ1) is 21.9. The zero-order valence-electron chi connectivity index (χ0n) is 25.3. The fourth-order valence-electron chi connectivity index (χ4n) is 5.46. The summed E-state index contributed by atoms with van der Waals surface area (Å²) >= 11 is 0. The number of imidazole rings is 1. The first kappa shape index (κ1) is 31.9. The van der Waals surface area contributed by atoms with E-state index < -0.39 is 18.1 Å². The predicted octanol–water partition coefficient (Wildman–Crippen LogP) is 3.74. The molecule has 0 spiro atoms. The number of benzene rings is 3. The Morgan fingerprint density at radius 1 is 0.933 bits per heavy atom. The zero-order valence-corrected chi connectivity index (χ0v) is 25.3. The minimum atomic E-state index is -1.15. The van der Waals surface area contributed by atoms with Gasteiger partial charge in [-0.05, 0) is 35.7 Å². The molecule has 0 bridgehead atoms. The van der Waals surface area contributed by atoms with E-state index in [1.807, 2.05) is 60.7 Å². The van der Waals surface area contributed by atoms with Crippen molar-refractivity contribution >= 4 is 22.8 Å². The average Bonchev–Trinajstić information content (AvgIpc) is 3.28. The molecular weight excluding hydrogens is 575 g/mol. The number of fused-ring (bicyclic) bond motifs is 1. The van der Waals surface area contributed by atoms with Gasteiger partial charge in [0.25, 0.3) is 0 Å². The molecule has 2 amide bonds. The molecule has 2 atom stereocenters. The van der Waals surface area contributed by atoms with Gasteiger partial charge >= 0.3 is 5.69 Å². The molecule has 10 heteroatoms. The number of halogens is 1. The molecule has 1 aliphatic heterocycles. The standard InChI is InChI=1S/C35H37FN4O5/c1-38-32-21-26(14-15-30(32)40(35(38)43)31-16-17-33(41)37-34(31)42)13-8-18-44-19-20-45-25-29(36)24-39(22-27-9-4-2-5-10-27)23-28-11-6-3-7-12-28/h2-7,9-12,14-15,21,29,31H,16-20,22-25H2,1H3,(H,37,41,42). The summed E-state index contributed by atoms with van der Waals surface area (Å²) in [5, 5.41) is 2.31. The number of aromatic nitrogens is 2. The van der Waals surface area contributed by atoms with E-state index in [2.05, 4.69) is 22.1 Å². The molecule has 9 nitrogen and oxygen atoms in total. The second-order valence-electron chi connectivity index (χ2n) is 11.0. The third kappa shape index (κ3) is 8.54. The lowest BCUT2D eigenvalue weighted by molar-refractivity contribution is -0.135. The maximum Gasteiger partial charge on any atom is 0.329 e. The molecule has 0 saturated carbocycles. The molecule has 2 heterocycles. The molecule has 3 aromatic carbocycles. The lowest BCUT2D eigenvalue weighted by Crippen LogP contribution is -2.44. The highest BCUT2D eigenvalue weighted by Gasteiger charge is 2.31. The lowest BCUT2D eigenvalue weighted by Gasteiger charge is -2.24. The van der Waals surface area contributed by atoms with E-state index in [0.717, 1.165) is 11.1 Å². The molecule has 234 valence electrons. The molecule has 0 aliphatic carbocycles. The molecule has 2 unspecified atom stereocenters. The number of imide groups is 1. The van der Waals surface area contributed by atoms with Crippen LogP contribution in [0.4, 0.5) is 4.39 Å². The van der Waals surface area contributed by atoms with Crippen molar-refractivity contribution in [3.63, 3.8) is 0 Å². The molecule has 1 saturated heterocycles. The minimum absolute atomic E-state index is 0.0215. The second-order valence-corrected chi connectivity index (χ2v) is 11.0. The van der Waals surface area contributed by atoms with Crippen LogP contribution in [0.5, 0.6) is 0 Å². The van der Waals surface area contributed by atoms with Gasteiger partial charge in [0.2, 0.25) is 11.8 Å². The molecule has 4 aromatic rings. The summed E-state index contributed by atoms with van der Waals surface area (Å²) in [7, 11) is 1.64. The van der Waals surface area contributed by atoms with E-state index in [0.29, 0.717) is 29.7 Å². The van der Waals surface area contributed by atoms with Crippen molar-refractivity contribution in [2.45, 2.75) is 38.1 Å². The van der Waals surface area contributed by atoms with Crippen LogP contribution in [0.2, 0.25) is 0 Å². The topological polar surface area (TPSA) is 94.8 Å². The van der Waals surface area contributed by atoms with E-state index in [4.69, 9.17) is 9.47 Å². The second kappa shape index (κ2) is 15.4. The van der Waals surface area contributed by atoms with Crippen molar-refractivity contribution in [1.29, 1.82) is 0 Å². The number of ether oxygens (including phenoxy) is 2. The normalized spacial score (nSPS) is 15.6. The molecule has 1 aromatic heterocycles. The van der Waals surface area contributed by atoms with Crippen LogP contribution in [0.3, 0.4) is 0 Å². The Hall–Kier alpha value is -4.56. The summed E-state index contributed by atoms with van der Waals surface area (Å²) in [4.78, 5) is 38.9. The smallest absolute Gasteiger partial charge is 0.329 e. The fraction of sp³-hybridized carbons (Fsp3) is 0.343. The minimum Gasteiger partial charge on any atom is -0.376 e. The number of carbonyl (C=O) groups is 2. The highest BCUT2D eigenvalue weighted by atomic mass is 19.1. The van der Waals surface area contributed by atoms with E-state index in [1.54, 1.807) is 25.2 Å². The predicted molar refractivity (Wildman–Crippen MR) is 169 cm³/mol. The quantitative estimate of drug-likeness (QED) is 0.141. The van der Waals surface area contributed by atoms with E-state index >= 15 is 0 Å². The number of hydrogen-bond acceptors (Lipinski definition) is 6. The highest BCUT2D eigenvalue weighted by molar-refractivity contribution is 6.00. The van der Waals surface area contributed by atoms with Crippen molar-refractivity contribution < 1.29 is 23.5 Å². The number of nitrogens with one attached hydrogen (secondary N) is 1. The van der Waals surface area contributed by atoms with Crippen LogP contribution in [0.1, 0.15) is 35.6 Å². The van der Waals surface area contributed by atoms with Crippen molar-refractivity contribution in [2.75, 3.05) is 33.0 Å². The largest absolute Gasteiger partial charge is 0.376 e. The van der Waals surface area contributed by atoms with Gasteiger partial charge in [-0.25, -0.2) is 9.18 Å². The van der Waals surface area contributed by atoms with E-state index in [1.165, 1.54) is 9.13 Å². The first-order valence-corrected chi connectivity index (χ1v) is 15.0. The number of aryl methyl sites for hydroxylation is 1. The van der Waals surface area contributed by atoms with Crippen molar-refractivity contribution in [3.05, 3.63) is 106 Å². The fourth-order valence-corrected chi connectivity index (χ4v) is 5.46. The molecule has 1 N–H and O–H groups in total. The van der Waals surface area contributed by atoms with Gasteiger partial charge in [-0.15, -0.1) is 0 Å². The van der Waals surface area contributed by atoms with Gasteiger partial charge in [0.15, 0.2) is 0 Å². The molecule has 1 aliphatic rings. The zero-order chi connectivity index (χ0) is 31.6. The van der Waals surface area contributed by atoms with Gasteiger partial charge in [0, 0.05) is 38.7 Å². The Kier molecular flexibility index (Phi) is 10.9. The maximum atomic E-state index is 14.9.